The van der Waals surface area contributed by atoms with Gasteiger partial charge in [-0.1, -0.05) is 82.0 Å². The van der Waals surface area contributed by atoms with Gasteiger partial charge in [0.1, 0.15) is 12.1 Å². The first-order chi connectivity index (χ1) is 18.8. The fraction of sp³-hybridized carbons (Fsp3) is 0.531. The van der Waals surface area contributed by atoms with Crippen LogP contribution in [0.2, 0.25) is 0 Å². The van der Waals surface area contributed by atoms with E-state index in [4.69, 9.17) is 4.74 Å². The summed E-state index contributed by atoms with van der Waals surface area (Å²) in [5.74, 6) is 0.0413. The number of rotatable bonds is 13. The monoisotopic (exact) mass is 535 g/mol. The van der Waals surface area contributed by atoms with Gasteiger partial charge in [-0.15, -0.1) is 0 Å². The summed E-state index contributed by atoms with van der Waals surface area (Å²) < 4.78 is 4.97. The Morgan fingerprint density at radius 1 is 0.897 bits per heavy atom. The fourth-order valence-corrected chi connectivity index (χ4v) is 5.21. The zero-order chi connectivity index (χ0) is 28.4. The quantitative estimate of drug-likeness (QED) is 0.299. The van der Waals surface area contributed by atoms with Gasteiger partial charge in [0, 0.05) is 33.1 Å². The normalized spacial score (nSPS) is 17.5. The average Bonchev–Trinajstić information content (AvgIpc) is 2.96. The van der Waals surface area contributed by atoms with Crippen LogP contribution in [0, 0.1) is 0 Å². The van der Waals surface area contributed by atoms with Crippen molar-refractivity contribution < 1.29 is 19.1 Å². The predicted molar refractivity (Wildman–Crippen MR) is 155 cm³/mol. The van der Waals surface area contributed by atoms with Gasteiger partial charge in [0.05, 0.1) is 7.11 Å². The first-order valence-corrected chi connectivity index (χ1v) is 14.4. The molecule has 39 heavy (non-hydrogen) atoms. The second-order valence-corrected chi connectivity index (χ2v) is 10.6. The summed E-state index contributed by atoms with van der Waals surface area (Å²) in [6.07, 6.45) is 6.40. The van der Waals surface area contributed by atoms with E-state index in [0.717, 1.165) is 60.8 Å². The Morgan fingerprint density at radius 3 is 2.28 bits per heavy atom. The lowest BCUT2D eigenvalue weighted by molar-refractivity contribution is -0.159. The van der Waals surface area contributed by atoms with Crippen LogP contribution >= 0.6 is 0 Å². The molecule has 2 aromatic carbocycles. The van der Waals surface area contributed by atoms with Crippen LogP contribution < -0.4 is 0 Å². The van der Waals surface area contributed by atoms with E-state index in [1.54, 1.807) is 21.7 Å². The van der Waals surface area contributed by atoms with E-state index in [9.17, 15) is 14.4 Å². The molecule has 212 valence electrons. The molecule has 3 rings (SSSR count). The van der Waals surface area contributed by atoms with Crippen molar-refractivity contribution >= 4 is 17.9 Å². The van der Waals surface area contributed by atoms with Crippen molar-refractivity contribution in [2.24, 2.45) is 0 Å². The number of carbonyl (C=O) groups is 3. The minimum absolute atomic E-state index is 0.00321. The molecule has 1 aliphatic heterocycles. The van der Waals surface area contributed by atoms with Crippen LogP contribution in [0.5, 0.6) is 0 Å². The number of benzene rings is 2. The van der Waals surface area contributed by atoms with Crippen LogP contribution in [-0.4, -0.2) is 71.9 Å². The van der Waals surface area contributed by atoms with Crippen LogP contribution in [0.1, 0.15) is 70.4 Å². The molecule has 0 N–H and O–H groups in total. The lowest BCUT2D eigenvalue weighted by Crippen LogP contribution is -2.63. The summed E-state index contributed by atoms with van der Waals surface area (Å²) in [4.78, 5) is 43.7. The maximum atomic E-state index is 13.4. The van der Waals surface area contributed by atoms with Crippen molar-refractivity contribution in [3.63, 3.8) is 0 Å². The molecule has 1 heterocycles. The molecule has 1 aliphatic rings. The van der Waals surface area contributed by atoms with Crippen LogP contribution in [-0.2, 0) is 27.3 Å². The summed E-state index contributed by atoms with van der Waals surface area (Å²) in [7, 11) is 3.16. The Hall–Kier alpha value is -3.35. The Balaban J connectivity index is 1.70. The van der Waals surface area contributed by atoms with Crippen LogP contribution in [0.15, 0.2) is 48.5 Å². The van der Waals surface area contributed by atoms with Gasteiger partial charge in [0.2, 0.25) is 11.8 Å². The van der Waals surface area contributed by atoms with E-state index in [1.807, 2.05) is 31.2 Å². The van der Waals surface area contributed by atoms with Gasteiger partial charge in [-0.3, -0.25) is 9.59 Å². The lowest BCUT2D eigenvalue weighted by atomic mass is 9.96. The number of likely N-dealkylation sites (N-methyl/N-ethyl adjacent to an activating group) is 1. The number of carbonyl (C=O) groups excluding carboxylic acids is 3. The molecule has 0 aromatic heterocycles. The lowest BCUT2D eigenvalue weighted by Gasteiger charge is -2.42. The van der Waals surface area contributed by atoms with Gasteiger partial charge in [-0.05, 0) is 48.1 Å². The van der Waals surface area contributed by atoms with Gasteiger partial charge >= 0.3 is 6.09 Å². The molecular weight excluding hydrogens is 490 g/mol. The number of piperazine rings is 1. The van der Waals surface area contributed by atoms with Crippen molar-refractivity contribution in [1.82, 2.24) is 14.7 Å². The highest BCUT2D eigenvalue weighted by Crippen LogP contribution is 2.25. The maximum Gasteiger partial charge on any atom is 0.409 e. The molecule has 7 nitrogen and oxygen atoms in total. The van der Waals surface area contributed by atoms with E-state index < -0.39 is 12.1 Å². The first-order valence-electron chi connectivity index (χ1n) is 14.4. The summed E-state index contributed by atoms with van der Waals surface area (Å²) in [5, 5.41) is 0. The number of hydrogen-bond acceptors (Lipinski definition) is 4. The van der Waals surface area contributed by atoms with Gasteiger partial charge in [0.15, 0.2) is 0 Å². The number of methoxy groups -OCH3 is 1. The molecule has 2 aromatic rings. The standard InChI is InChI=1S/C32H45N3O4/c1-6-8-10-11-20-35-24(3)30(36)33(4)29(31(35)37)22-25-15-17-27(18-16-25)28-14-12-13-26(21-28)23-34(19-9-7-2)32(38)39-5/h12-18,21,24,29H,6-11,19-20,22-23H2,1-5H3/t24-,29?/m0/s1. The van der Waals surface area contributed by atoms with Gasteiger partial charge in [0.25, 0.3) is 0 Å². The topological polar surface area (TPSA) is 70.2 Å². The summed E-state index contributed by atoms with van der Waals surface area (Å²) in [6, 6.07) is 15.5. The first kappa shape index (κ1) is 30.2. The van der Waals surface area contributed by atoms with Crippen LogP contribution in [0.3, 0.4) is 0 Å². The number of ether oxygens (including phenoxy) is 1. The van der Waals surface area contributed by atoms with Crippen molar-refractivity contribution in [2.75, 3.05) is 27.2 Å². The minimum atomic E-state index is -0.485. The molecule has 1 fully saturated rings. The molecule has 3 amide bonds. The Morgan fingerprint density at radius 2 is 1.62 bits per heavy atom. The molecular formula is C32H45N3O4. The Bertz CT molecular complexity index is 1100. The highest BCUT2D eigenvalue weighted by atomic mass is 16.5. The minimum Gasteiger partial charge on any atom is -0.453 e. The Kier molecular flexibility index (Phi) is 11.4. The average molecular weight is 536 g/mol. The van der Waals surface area contributed by atoms with Crippen molar-refractivity contribution in [2.45, 2.75) is 84.3 Å². The molecule has 0 spiro atoms. The molecule has 7 heteroatoms. The number of hydrogen-bond donors (Lipinski definition) is 0. The molecule has 0 saturated carbocycles. The zero-order valence-electron chi connectivity index (χ0n) is 24.3. The SMILES string of the molecule is CCCCCCN1C(=O)C(Cc2ccc(-c3cccc(CN(CCCC)C(=O)OC)c3)cc2)N(C)C(=O)[C@@H]1C. The molecule has 0 aliphatic carbocycles. The van der Waals surface area contributed by atoms with Gasteiger partial charge in [-0.25, -0.2) is 4.79 Å². The molecule has 0 bridgehead atoms. The van der Waals surface area contributed by atoms with Crippen LogP contribution in [0.4, 0.5) is 4.79 Å². The fourth-order valence-electron chi connectivity index (χ4n) is 5.21. The van der Waals surface area contributed by atoms with Crippen molar-refractivity contribution in [3.05, 3.63) is 59.7 Å². The zero-order valence-corrected chi connectivity index (χ0v) is 24.3. The van der Waals surface area contributed by atoms with E-state index in [1.165, 1.54) is 7.11 Å². The number of nitrogens with zero attached hydrogens (tertiary/aromatic N) is 3. The van der Waals surface area contributed by atoms with E-state index >= 15 is 0 Å². The van der Waals surface area contributed by atoms with E-state index in [2.05, 4.69) is 38.1 Å². The second kappa shape index (κ2) is 14.7. The third-order valence-electron chi connectivity index (χ3n) is 7.69. The summed E-state index contributed by atoms with van der Waals surface area (Å²) in [6.45, 7) is 7.90. The largest absolute Gasteiger partial charge is 0.453 e. The third kappa shape index (κ3) is 7.84. The van der Waals surface area contributed by atoms with Gasteiger partial charge < -0.3 is 19.4 Å². The molecule has 2 atom stereocenters. The number of unbranched alkanes of at least 4 members (excludes halogenated alkanes) is 4. The van der Waals surface area contributed by atoms with E-state index in [0.29, 0.717) is 26.1 Å². The van der Waals surface area contributed by atoms with Crippen molar-refractivity contribution in [3.8, 4) is 11.1 Å². The smallest absolute Gasteiger partial charge is 0.409 e. The second-order valence-electron chi connectivity index (χ2n) is 10.6. The molecule has 0 radical (unpaired) electrons. The summed E-state index contributed by atoms with van der Waals surface area (Å²) in [5.41, 5.74) is 4.18. The van der Waals surface area contributed by atoms with Gasteiger partial charge in [-0.2, -0.15) is 0 Å². The van der Waals surface area contributed by atoms with E-state index in [-0.39, 0.29) is 17.9 Å². The summed E-state index contributed by atoms with van der Waals surface area (Å²) >= 11 is 0. The highest BCUT2D eigenvalue weighted by molar-refractivity contribution is 5.96. The third-order valence-corrected chi connectivity index (χ3v) is 7.69. The predicted octanol–water partition coefficient (Wildman–Crippen LogP) is 5.90. The van der Waals surface area contributed by atoms with Crippen molar-refractivity contribution in [1.29, 1.82) is 0 Å². The Labute approximate surface area is 234 Å². The molecule has 1 saturated heterocycles. The maximum absolute atomic E-state index is 13.4. The number of amides is 3. The molecule has 1 unspecified atom stereocenters. The highest BCUT2D eigenvalue weighted by Gasteiger charge is 2.41. The van der Waals surface area contributed by atoms with Crippen LogP contribution in [0.25, 0.3) is 11.1 Å².